The van der Waals surface area contributed by atoms with Gasteiger partial charge >= 0.3 is 0 Å². The molecule has 0 bridgehead atoms. The lowest BCUT2D eigenvalue weighted by Crippen LogP contribution is -2.43. The first-order valence-corrected chi connectivity index (χ1v) is 5.95. The van der Waals surface area contributed by atoms with E-state index in [1.165, 1.54) is 0 Å². The minimum atomic E-state index is 0.0794. The van der Waals surface area contributed by atoms with Crippen molar-refractivity contribution in [2.75, 3.05) is 32.8 Å². The first-order chi connectivity index (χ1) is 8.34. The molecule has 0 spiro atoms. The number of morpholine rings is 1. The van der Waals surface area contributed by atoms with E-state index >= 15 is 0 Å². The third-order valence-corrected chi connectivity index (χ3v) is 2.80. The third-order valence-electron chi connectivity index (χ3n) is 2.80. The van der Waals surface area contributed by atoms with Crippen molar-refractivity contribution < 1.29 is 9.53 Å². The molecule has 0 atom stereocenters. The van der Waals surface area contributed by atoms with Crippen LogP contribution in [-0.2, 0) is 16.1 Å². The van der Waals surface area contributed by atoms with Crippen molar-refractivity contribution in [1.82, 2.24) is 10.2 Å². The SMILES string of the molecule is O=C(CN1CCOCC1)NCc1ccccc1. The minimum Gasteiger partial charge on any atom is -0.379 e. The van der Waals surface area contributed by atoms with Crippen molar-refractivity contribution in [3.63, 3.8) is 0 Å². The van der Waals surface area contributed by atoms with E-state index in [-0.39, 0.29) is 5.91 Å². The Kier molecular flexibility index (Phi) is 4.53. The van der Waals surface area contributed by atoms with E-state index in [1.807, 2.05) is 30.3 Å². The Hall–Kier alpha value is -1.39. The van der Waals surface area contributed by atoms with Gasteiger partial charge < -0.3 is 10.1 Å². The van der Waals surface area contributed by atoms with Crippen LogP contribution in [0, 0.1) is 0 Å². The fraction of sp³-hybridized carbons (Fsp3) is 0.462. The van der Waals surface area contributed by atoms with Gasteiger partial charge in [0.25, 0.3) is 0 Å². The molecule has 92 valence electrons. The van der Waals surface area contributed by atoms with E-state index in [2.05, 4.69) is 10.2 Å². The highest BCUT2D eigenvalue weighted by molar-refractivity contribution is 5.78. The predicted molar refractivity (Wildman–Crippen MR) is 65.5 cm³/mol. The summed E-state index contributed by atoms with van der Waals surface area (Å²) in [5, 5.41) is 2.92. The van der Waals surface area contributed by atoms with Crippen molar-refractivity contribution in [3.05, 3.63) is 35.9 Å². The number of hydrogen-bond donors (Lipinski definition) is 1. The van der Waals surface area contributed by atoms with Gasteiger partial charge in [-0.1, -0.05) is 30.3 Å². The van der Waals surface area contributed by atoms with Crippen LogP contribution in [0.5, 0.6) is 0 Å². The molecule has 0 aliphatic carbocycles. The Labute approximate surface area is 102 Å². The summed E-state index contributed by atoms with van der Waals surface area (Å²) < 4.78 is 5.24. The number of rotatable bonds is 4. The summed E-state index contributed by atoms with van der Waals surface area (Å²) in [6.07, 6.45) is 0. The second-order valence-corrected chi connectivity index (χ2v) is 4.15. The van der Waals surface area contributed by atoms with Crippen LogP contribution in [0.3, 0.4) is 0 Å². The number of amides is 1. The van der Waals surface area contributed by atoms with Crippen molar-refractivity contribution in [3.8, 4) is 0 Å². The summed E-state index contributed by atoms with van der Waals surface area (Å²) in [5.74, 6) is 0.0794. The molecule has 4 heteroatoms. The van der Waals surface area contributed by atoms with Crippen LogP contribution in [0.25, 0.3) is 0 Å². The normalized spacial score (nSPS) is 16.7. The molecule has 0 unspecified atom stereocenters. The molecule has 1 fully saturated rings. The van der Waals surface area contributed by atoms with Crippen LogP contribution < -0.4 is 5.32 Å². The number of nitrogens with zero attached hydrogens (tertiary/aromatic N) is 1. The molecule has 1 aromatic rings. The van der Waals surface area contributed by atoms with Gasteiger partial charge in [0.15, 0.2) is 0 Å². The molecule has 2 rings (SSSR count). The number of carbonyl (C=O) groups is 1. The minimum absolute atomic E-state index is 0.0794. The quantitative estimate of drug-likeness (QED) is 0.831. The van der Waals surface area contributed by atoms with Crippen molar-refractivity contribution in [1.29, 1.82) is 0 Å². The average molecular weight is 234 g/mol. The molecule has 17 heavy (non-hydrogen) atoms. The Morgan fingerprint density at radius 2 is 1.94 bits per heavy atom. The summed E-state index contributed by atoms with van der Waals surface area (Å²) >= 11 is 0. The maximum atomic E-state index is 11.7. The smallest absolute Gasteiger partial charge is 0.234 e. The molecule has 4 nitrogen and oxygen atoms in total. The van der Waals surface area contributed by atoms with Crippen molar-refractivity contribution in [2.24, 2.45) is 0 Å². The Balaban J connectivity index is 1.70. The zero-order chi connectivity index (χ0) is 11.9. The fourth-order valence-electron chi connectivity index (χ4n) is 1.81. The molecule has 1 heterocycles. The van der Waals surface area contributed by atoms with Gasteiger partial charge in [-0.05, 0) is 5.56 Å². The Bertz CT molecular complexity index is 348. The molecule has 1 aliphatic heterocycles. The van der Waals surface area contributed by atoms with E-state index in [0.717, 1.165) is 31.9 Å². The van der Waals surface area contributed by atoms with Gasteiger partial charge in [0, 0.05) is 19.6 Å². The summed E-state index contributed by atoms with van der Waals surface area (Å²) in [6.45, 7) is 4.22. The maximum Gasteiger partial charge on any atom is 0.234 e. The number of carbonyl (C=O) groups excluding carboxylic acids is 1. The van der Waals surface area contributed by atoms with Crippen molar-refractivity contribution in [2.45, 2.75) is 6.54 Å². The van der Waals surface area contributed by atoms with Gasteiger partial charge in [-0.3, -0.25) is 9.69 Å². The van der Waals surface area contributed by atoms with Gasteiger partial charge in [0.2, 0.25) is 5.91 Å². The summed E-state index contributed by atoms with van der Waals surface area (Å²) in [4.78, 5) is 13.8. The molecule has 1 saturated heterocycles. The second-order valence-electron chi connectivity index (χ2n) is 4.15. The van der Waals surface area contributed by atoms with E-state index < -0.39 is 0 Å². The van der Waals surface area contributed by atoms with Crippen LogP contribution >= 0.6 is 0 Å². The standard InChI is InChI=1S/C13H18N2O2/c16-13(11-15-6-8-17-9-7-15)14-10-12-4-2-1-3-5-12/h1-5H,6-11H2,(H,14,16). The zero-order valence-corrected chi connectivity index (χ0v) is 9.89. The predicted octanol–water partition coefficient (Wildman–Crippen LogP) is 0.635. The topological polar surface area (TPSA) is 41.6 Å². The molecule has 1 N–H and O–H groups in total. The molecular formula is C13H18N2O2. The van der Waals surface area contributed by atoms with Gasteiger partial charge in [0.05, 0.1) is 19.8 Å². The largest absolute Gasteiger partial charge is 0.379 e. The first kappa shape index (κ1) is 12.1. The van der Waals surface area contributed by atoms with Crippen LogP contribution in [-0.4, -0.2) is 43.7 Å². The molecule has 1 aliphatic rings. The lowest BCUT2D eigenvalue weighted by Gasteiger charge is -2.25. The average Bonchev–Trinajstić information content (AvgIpc) is 2.39. The molecule has 0 aromatic heterocycles. The highest BCUT2D eigenvalue weighted by Crippen LogP contribution is 1.98. The van der Waals surface area contributed by atoms with E-state index in [1.54, 1.807) is 0 Å². The molecule has 1 aromatic carbocycles. The van der Waals surface area contributed by atoms with Crippen molar-refractivity contribution >= 4 is 5.91 Å². The molecular weight excluding hydrogens is 216 g/mol. The van der Waals surface area contributed by atoms with E-state index in [9.17, 15) is 4.79 Å². The number of hydrogen-bond acceptors (Lipinski definition) is 3. The van der Waals surface area contributed by atoms with Crippen LogP contribution in [0.2, 0.25) is 0 Å². The summed E-state index contributed by atoms with van der Waals surface area (Å²) in [6, 6.07) is 9.94. The second kappa shape index (κ2) is 6.37. The van der Waals surface area contributed by atoms with Crippen LogP contribution in [0.4, 0.5) is 0 Å². The number of benzene rings is 1. The lowest BCUT2D eigenvalue weighted by molar-refractivity contribution is -0.123. The van der Waals surface area contributed by atoms with Gasteiger partial charge in [-0.2, -0.15) is 0 Å². The highest BCUT2D eigenvalue weighted by Gasteiger charge is 2.13. The number of nitrogens with one attached hydrogen (secondary N) is 1. The molecule has 1 amide bonds. The van der Waals surface area contributed by atoms with E-state index in [4.69, 9.17) is 4.74 Å². The van der Waals surface area contributed by atoms with Gasteiger partial charge in [-0.15, -0.1) is 0 Å². The van der Waals surface area contributed by atoms with E-state index in [0.29, 0.717) is 13.1 Å². The Morgan fingerprint density at radius 1 is 1.24 bits per heavy atom. The fourth-order valence-corrected chi connectivity index (χ4v) is 1.81. The third kappa shape index (κ3) is 4.17. The Morgan fingerprint density at radius 3 is 2.65 bits per heavy atom. The molecule has 0 saturated carbocycles. The van der Waals surface area contributed by atoms with Gasteiger partial charge in [0.1, 0.15) is 0 Å². The number of ether oxygens (including phenoxy) is 1. The monoisotopic (exact) mass is 234 g/mol. The maximum absolute atomic E-state index is 11.7. The van der Waals surface area contributed by atoms with Gasteiger partial charge in [-0.25, -0.2) is 0 Å². The summed E-state index contributed by atoms with van der Waals surface area (Å²) in [5.41, 5.74) is 1.13. The summed E-state index contributed by atoms with van der Waals surface area (Å²) in [7, 11) is 0. The zero-order valence-electron chi connectivity index (χ0n) is 9.89. The molecule has 0 radical (unpaired) electrons. The first-order valence-electron chi connectivity index (χ1n) is 5.95. The lowest BCUT2D eigenvalue weighted by atomic mass is 10.2. The van der Waals surface area contributed by atoms with Crippen LogP contribution in [0.1, 0.15) is 5.56 Å². The highest BCUT2D eigenvalue weighted by atomic mass is 16.5. The van der Waals surface area contributed by atoms with Crippen LogP contribution in [0.15, 0.2) is 30.3 Å².